The Kier molecular flexibility index (Phi) is 10.3. The Morgan fingerprint density at radius 3 is 1.74 bits per heavy atom. The van der Waals surface area contributed by atoms with Gasteiger partial charge in [0, 0.05) is 29.6 Å². The SMILES string of the molecule is CCOc1ccc(NC(=O)CN(C)CC(=O)Nc2cc(OC)c(OC)c(OC)c2)cc1OCC. The van der Waals surface area contributed by atoms with Crippen LogP contribution in [0.1, 0.15) is 13.8 Å². The summed E-state index contributed by atoms with van der Waals surface area (Å²) in [6, 6.07) is 8.46. The molecule has 10 nitrogen and oxygen atoms in total. The van der Waals surface area contributed by atoms with Gasteiger partial charge in [0.25, 0.3) is 0 Å². The molecule has 0 saturated carbocycles. The van der Waals surface area contributed by atoms with Crippen LogP contribution in [-0.4, -0.2) is 71.4 Å². The van der Waals surface area contributed by atoms with Gasteiger partial charge in [0.1, 0.15) is 0 Å². The summed E-state index contributed by atoms with van der Waals surface area (Å²) in [5.41, 5.74) is 1.06. The first-order chi connectivity index (χ1) is 16.3. The molecule has 0 heterocycles. The largest absolute Gasteiger partial charge is 0.493 e. The molecule has 0 aliphatic heterocycles. The van der Waals surface area contributed by atoms with Gasteiger partial charge in [-0.3, -0.25) is 14.5 Å². The first-order valence-electron chi connectivity index (χ1n) is 10.8. The number of methoxy groups -OCH3 is 3. The van der Waals surface area contributed by atoms with Crippen molar-refractivity contribution in [3.05, 3.63) is 30.3 Å². The van der Waals surface area contributed by atoms with E-state index in [2.05, 4.69) is 10.6 Å². The number of carbonyl (C=O) groups is 2. The summed E-state index contributed by atoms with van der Waals surface area (Å²) < 4.78 is 27.0. The molecular weight excluding hydrogens is 442 g/mol. The summed E-state index contributed by atoms with van der Waals surface area (Å²) in [6.07, 6.45) is 0. The third kappa shape index (κ3) is 7.45. The van der Waals surface area contributed by atoms with Gasteiger partial charge in [-0.2, -0.15) is 0 Å². The number of anilines is 2. The highest BCUT2D eigenvalue weighted by atomic mass is 16.5. The minimum Gasteiger partial charge on any atom is -0.493 e. The molecule has 0 atom stereocenters. The van der Waals surface area contributed by atoms with Crippen LogP contribution in [0.4, 0.5) is 11.4 Å². The lowest BCUT2D eigenvalue weighted by molar-refractivity contribution is -0.119. The van der Waals surface area contributed by atoms with Crippen molar-refractivity contribution >= 4 is 23.2 Å². The maximum Gasteiger partial charge on any atom is 0.238 e. The molecule has 34 heavy (non-hydrogen) atoms. The first-order valence-corrected chi connectivity index (χ1v) is 10.8. The van der Waals surface area contributed by atoms with Crippen molar-refractivity contribution in [1.29, 1.82) is 0 Å². The molecule has 2 aromatic carbocycles. The number of hydrogen-bond acceptors (Lipinski definition) is 8. The first kappa shape index (κ1) is 26.6. The van der Waals surface area contributed by atoms with Crippen LogP contribution in [0.5, 0.6) is 28.7 Å². The van der Waals surface area contributed by atoms with E-state index in [1.165, 1.54) is 21.3 Å². The van der Waals surface area contributed by atoms with Crippen molar-refractivity contribution in [2.45, 2.75) is 13.8 Å². The standard InChI is InChI=1S/C24H33N3O7/c1-7-33-18-10-9-16(11-19(18)34-8-2)25-22(28)14-27(3)15-23(29)26-17-12-20(30-4)24(32-6)21(13-17)31-5/h9-13H,7-8,14-15H2,1-6H3,(H,25,28)(H,26,29). The van der Waals surface area contributed by atoms with Crippen LogP contribution in [-0.2, 0) is 9.59 Å². The minimum atomic E-state index is -0.302. The van der Waals surface area contributed by atoms with E-state index in [0.717, 1.165) is 0 Å². The third-order valence-electron chi connectivity index (χ3n) is 4.60. The number of nitrogens with zero attached hydrogens (tertiary/aromatic N) is 1. The van der Waals surface area contributed by atoms with Gasteiger partial charge in [-0.25, -0.2) is 0 Å². The number of benzene rings is 2. The van der Waals surface area contributed by atoms with Gasteiger partial charge < -0.3 is 34.3 Å². The molecule has 0 spiro atoms. The molecule has 2 N–H and O–H groups in total. The van der Waals surface area contributed by atoms with Crippen molar-refractivity contribution in [2.24, 2.45) is 0 Å². The highest BCUT2D eigenvalue weighted by molar-refractivity contribution is 5.95. The highest BCUT2D eigenvalue weighted by Gasteiger charge is 2.16. The van der Waals surface area contributed by atoms with Crippen molar-refractivity contribution in [1.82, 2.24) is 4.90 Å². The lowest BCUT2D eigenvalue weighted by Crippen LogP contribution is -2.36. The van der Waals surface area contributed by atoms with Crippen LogP contribution in [0, 0.1) is 0 Å². The van der Waals surface area contributed by atoms with Gasteiger partial charge in [-0.1, -0.05) is 0 Å². The Bertz CT molecular complexity index is 956. The summed E-state index contributed by atoms with van der Waals surface area (Å²) in [5.74, 6) is 1.87. The molecule has 0 aliphatic rings. The molecule has 0 aromatic heterocycles. The number of nitrogens with one attached hydrogen (secondary N) is 2. The summed E-state index contributed by atoms with van der Waals surface area (Å²) in [4.78, 5) is 26.6. The summed E-state index contributed by atoms with van der Waals surface area (Å²) in [6.45, 7) is 4.76. The van der Waals surface area contributed by atoms with E-state index in [1.807, 2.05) is 13.8 Å². The second kappa shape index (κ2) is 13.1. The average Bonchev–Trinajstić information content (AvgIpc) is 2.79. The number of hydrogen-bond donors (Lipinski definition) is 2. The number of amides is 2. The molecule has 2 aromatic rings. The topological polar surface area (TPSA) is 108 Å². The van der Waals surface area contributed by atoms with Crippen LogP contribution in [0.3, 0.4) is 0 Å². The van der Waals surface area contributed by atoms with E-state index in [0.29, 0.717) is 53.3 Å². The van der Waals surface area contributed by atoms with E-state index in [-0.39, 0.29) is 24.9 Å². The minimum absolute atomic E-state index is 0.00243. The Balaban J connectivity index is 1.95. The average molecular weight is 476 g/mol. The van der Waals surface area contributed by atoms with Gasteiger partial charge in [0.05, 0.1) is 47.6 Å². The Labute approximate surface area is 200 Å². The molecule has 0 radical (unpaired) electrons. The smallest absolute Gasteiger partial charge is 0.238 e. The molecule has 0 aliphatic carbocycles. The molecular formula is C24H33N3O7. The van der Waals surface area contributed by atoms with Crippen LogP contribution in [0.2, 0.25) is 0 Å². The van der Waals surface area contributed by atoms with E-state index in [1.54, 1.807) is 42.3 Å². The van der Waals surface area contributed by atoms with E-state index in [9.17, 15) is 9.59 Å². The van der Waals surface area contributed by atoms with E-state index >= 15 is 0 Å². The number of carbonyl (C=O) groups excluding carboxylic acids is 2. The fourth-order valence-electron chi connectivity index (χ4n) is 3.23. The van der Waals surface area contributed by atoms with Crippen LogP contribution >= 0.6 is 0 Å². The molecule has 2 amide bonds. The zero-order valence-corrected chi connectivity index (χ0v) is 20.5. The zero-order chi connectivity index (χ0) is 25.1. The van der Waals surface area contributed by atoms with Gasteiger partial charge in [0.2, 0.25) is 17.6 Å². The Morgan fingerprint density at radius 2 is 1.24 bits per heavy atom. The van der Waals surface area contributed by atoms with E-state index in [4.69, 9.17) is 23.7 Å². The van der Waals surface area contributed by atoms with E-state index < -0.39 is 0 Å². The molecule has 0 unspecified atom stereocenters. The van der Waals surface area contributed by atoms with Crippen LogP contribution < -0.4 is 34.3 Å². The lowest BCUT2D eigenvalue weighted by atomic mass is 10.2. The van der Waals surface area contributed by atoms with Crippen LogP contribution in [0.25, 0.3) is 0 Å². The molecule has 0 fully saturated rings. The summed E-state index contributed by atoms with van der Waals surface area (Å²) in [5, 5.41) is 5.59. The van der Waals surface area contributed by atoms with Gasteiger partial charge in [-0.15, -0.1) is 0 Å². The molecule has 186 valence electrons. The quantitative estimate of drug-likeness (QED) is 0.455. The fourth-order valence-corrected chi connectivity index (χ4v) is 3.23. The molecule has 10 heteroatoms. The van der Waals surface area contributed by atoms with Crippen molar-refractivity contribution < 1.29 is 33.3 Å². The predicted octanol–water partition coefficient (Wildman–Crippen LogP) is 3.02. The van der Waals surface area contributed by atoms with Gasteiger partial charge in [0.15, 0.2) is 23.0 Å². The van der Waals surface area contributed by atoms with Crippen molar-refractivity contribution in [3.63, 3.8) is 0 Å². The fraction of sp³-hybridized carbons (Fsp3) is 0.417. The second-order valence-electron chi connectivity index (χ2n) is 7.21. The maximum atomic E-state index is 12.5. The van der Waals surface area contributed by atoms with Crippen LogP contribution in [0.15, 0.2) is 30.3 Å². The van der Waals surface area contributed by atoms with Gasteiger partial charge >= 0.3 is 0 Å². The van der Waals surface area contributed by atoms with Crippen molar-refractivity contribution in [2.75, 3.05) is 65.3 Å². The summed E-state index contributed by atoms with van der Waals surface area (Å²) in [7, 11) is 6.18. The molecule has 0 bridgehead atoms. The number of rotatable bonds is 13. The number of ether oxygens (including phenoxy) is 5. The van der Waals surface area contributed by atoms with Crippen molar-refractivity contribution in [3.8, 4) is 28.7 Å². The highest BCUT2D eigenvalue weighted by Crippen LogP contribution is 2.39. The normalized spacial score (nSPS) is 10.4. The maximum absolute atomic E-state index is 12.5. The molecule has 0 saturated heterocycles. The predicted molar refractivity (Wildman–Crippen MR) is 130 cm³/mol. The number of likely N-dealkylation sites (N-methyl/N-ethyl adjacent to an activating group) is 1. The summed E-state index contributed by atoms with van der Waals surface area (Å²) >= 11 is 0. The third-order valence-corrected chi connectivity index (χ3v) is 4.60. The monoisotopic (exact) mass is 475 g/mol. The zero-order valence-electron chi connectivity index (χ0n) is 20.5. The molecule has 2 rings (SSSR count). The Morgan fingerprint density at radius 1 is 0.735 bits per heavy atom. The second-order valence-corrected chi connectivity index (χ2v) is 7.21. The Hall–Kier alpha value is -3.66. The lowest BCUT2D eigenvalue weighted by Gasteiger charge is -2.18. The van der Waals surface area contributed by atoms with Gasteiger partial charge in [-0.05, 0) is 33.0 Å².